The van der Waals surface area contributed by atoms with Gasteiger partial charge in [-0.2, -0.15) is 0 Å². The third-order valence-electron chi connectivity index (χ3n) is 5.21. The Morgan fingerprint density at radius 3 is 2.89 bits per heavy atom. The van der Waals surface area contributed by atoms with Crippen molar-refractivity contribution in [3.63, 3.8) is 0 Å². The molecule has 1 aliphatic rings. The van der Waals surface area contributed by atoms with Gasteiger partial charge in [-0.25, -0.2) is 4.98 Å². The largest absolute Gasteiger partial charge is 0.383 e. The van der Waals surface area contributed by atoms with Crippen LogP contribution in [0.3, 0.4) is 0 Å². The number of amides is 2. The van der Waals surface area contributed by atoms with Crippen LogP contribution in [0.2, 0.25) is 0 Å². The molecule has 1 saturated heterocycles. The first-order chi connectivity index (χ1) is 13.4. The molecule has 0 aromatic carbocycles. The number of likely N-dealkylation sites (tertiary alicyclic amines) is 1. The van der Waals surface area contributed by atoms with Crippen molar-refractivity contribution in [2.24, 2.45) is 0 Å². The van der Waals surface area contributed by atoms with Gasteiger partial charge >= 0.3 is 0 Å². The van der Waals surface area contributed by atoms with E-state index in [1.54, 1.807) is 34.3 Å². The van der Waals surface area contributed by atoms with Gasteiger partial charge in [0.05, 0.1) is 11.5 Å². The van der Waals surface area contributed by atoms with Gasteiger partial charge in [-0.15, -0.1) is 11.3 Å². The lowest BCUT2D eigenvalue weighted by atomic mass is 9.95. The zero-order valence-corrected chi connectivity index (χ0v) is 17.6. The predicted octanol–water partition coefficient (Wildman–Crippen LogP) is 2.41. The van der Waals surface area contributed by atoms with E-state index in [1.807, 2.05) is 17.0 Å². The monoisotopic (exact) mass is 405 g/mol. The van der Waals surface area contributed by atoms with E-state index in [2.05, 4.69) is 10.3 Å². The minimum atomic E-state index is -0.854. The van der Waals surface area contributed by atoms with Crippen molar-refractivity contribution >= 4 is 33.4 Å². The summed E-state index contributed by atoms with van der Waals surface area (Å²) in [5.41, 5.74) is 0.140. The molecule has 7 nitrogen and oxygen atoms in total. The Kier molecular flexibility index (Phi) is 6.32. The zero-order valence-electron chi connectivity index (χ0n) is 16.8. The van der Waals surface area contributed by atoms with Crippen LogP contribution in [0.15, 0.2) is 18.3 Å². The maximum Gasteiger partial charge on any atom is 0.261 e. The number of methoxy groups -OCH3 is 2. The highest BCUT2D eigenvalue weighted by Crippen LogP contribution is 2.39. The molecule has 1 unspecified atom stereocenters. The molecular weight excluding hydrogens is 378 g/mol. The normalized spacial score (nSPS) is 17.3. The standard InChI is InChI=1S/C20H27N3O4S/c1-20(2,27-4)19(25)23-10-7-13(12-23)15-14-6-5-8-22-18(14)28-16(15)17(24)21-9-11-26-3/h5-6,8,13H,7,9-12H2,1-4H3,(H,21,24). The topological polar surface area (TPSA) is 80.8 Å². The molecule has 1 atom stereocenters. The van der Waals surface area contributed by atoms with Crippen molar-refractivity contribution in [1.82, 2.24) is 15.2 Å². The highest BCUT2D eigenvalue weighted by Gasteiger charge is 2.38. The molecule has 3 rings (SSSR count). The Labute approximate surface area is 169 Å². The number of carbonyl (C=O) groups is 2. The maximum atomic E-state index is 12.8. The Bertz CT molecular complexity index is 864. The SMILES string of the molecule is COCCNC(=O)c1sc2ncccc2c1C1CCN(C(=O)C(C)(C)OC)C1. The smallest absolute Gasteiger partial charge is 0.261 e. The minimum Gasteiger partial charge on any atom is -0.383 e. The van der Waals surface area contributed by atoms with E-state index in [-0.39, 0.29) is 17.7 Å². The number of pyridine rings is 1. The summed E-state index contributed by atoms with van der Waals surface area (Å²) in [7, 11) is 3.15. The van der Waals surface area contributed by atoms with Crippen LogP contribution in [0.4, 0.5) is 0 Å². The number of carbonyl (C=O) groups excluding carboxylic acids is 2. The Morgan fingerprint density at radius 2 is 2.18 bits per heavy atom. The number of nitrogens with one attached hydrogen (secondary N) is 1. The number of thiophene rings is 1. The number of nitrogens with zero attached hydrogens (tertiary/aromatic N) is 2. The van der Waals surface area contributed by atoms with Gasteiger partial charge in [0.1, 0.15) is 10.4 Å². The first-order valence-corrected chi connectivity index (χ1v) is 10.2. The van der Waals surface area contributed by atoms with Gasteiger partial charge in [0.2, 0.25) is 0 Å². The van der Waals surface area contributed by atoms with Gasteiger partial charge in [0.15, 0.2) is 0 Å². The van der Waals surface area contributed by atoms with Crippen LogP contribution < -0.4 is 5.32 Å². The van der Waals surface area contributed by atoms with Gasteiger partial charge in [-0.05, 0) is 31.9 Å². The van der Waals surface area contributed by atoms with Crippen molar-refractivity contribution in [2.75, 3.05) is 40.5 Å². The quantitative estimate of drug-likeness (QED) is 0.716. The summed E-state index contributed by atoms with van der Waals surface area (Å²) < 4.78 is 10.4. The van der Waals surface area contributed by atoms with Crippen LogP contribution in [0.1, 0.15) is 41.4 Å². The van der Waals surface area contributed by atoms with Crippen LogP contribution in [-0.2, 0) is 14.3 Å². The average molecular weight is 406 g/mol. The summed E-state index contributed by atoms with van der Waals surface area (Å²) in [4.78, 5) is 33.4. The van der Waals surface area contributed by atoms with E-state index >= 15 is 0 Å². The summed E-state index contributed by atoms with van der Waals surface area (Å²) in [6.45, 7) is 5.70. The Morgan fingerprint density at radius 1 is 1.39 bits per heavy atom. The fraction of sp³-hybridized carbons (Fsp3) is 0.550. The Balaban J connectivity index is 1.89. The predicted molar refractivity (Wildman–Crippen MR) is 109 cm³/mol. The number of hydrogen-bond acceptors (Lipinski definition) is 6. The van der Waals surface area contributed by atoms with Crippen LogP contribution in [0.25, 0.3) is 10.2 Å². The second-order valence-corrected chi connectivity index (χ2v) is 8.40. The molecular formula is C20H27N3O4S. The van der Waals surface area contributed by atoms with Crippen molar-refractivity contribution in [1.29, 1.82) is 0 Å². The van der Waals surface area contributed by atoms with Crippen molar-refractivity contribution in [3.05, 3.63) is 28.8 Å². The minimum absolute atomic E-state index is 0.0266. The highest BCUT2D eigenvalue weighted by molar-refractivity contribution is 7.20. The van der Waals surface area contributed by atoms with E-state index in [0.717, 1.165) is 22.2 Å². The van der Waals surface area contributed by atoms with E-state index < -0.39 is 5.60 Å². The highest BCUT2D eigenvalue weighted by atomic mass is 32.1. The first kappa shape index (κ1) is 20.7. The molecule has 2 amide bonds. The van der Waals surface area contributed by atoms with E-state index in [0.29, 0.717) is 31.1 Å². The average Bonchev–Trinajstić information content (AvgIpc) is 3.31. The molecule has 2 aromatic rings. The maximum absolute atomic E-state index is 12.8. The van der Waals surface area contributed by atoms with Gasteiger partial charge in [-0.3, -0.25) is 9.59 Å². The van der Waals surface area contributed by atoms with E-state index in [1.165, 1.54) is 11.3 Å². The van der Waals surface area contributed by atoms with Gasteiger partial charge in [-0.1, -0.05) is 6.07 Å². The molecule has 3 heterocycles. The molecule has 28 heavy (non-hydrogen) atoms. The molecule has 1 aliphatic heterocycles. The van der Waals surface area contributed by atoms with E-state index in [4.69, 9.17) is 9.47 Å². The number of rotatable bonds is 7. The van der Waals surface area contributed by atoms with Crippen LogP contribution in [0.5, 0.6) is 0 Å². The summed E-state index contributed by atoms with van der Waals surface area (Å²) in [5.74, 6) is -0.0453. The van der Waals surface area contributed by atoms with E-state index in [9.17, 15) is 9.59 Å². The summed E-state index contributed by atoms with van der Waals surface area (Å²) in [6.07, 6.45) is 2.55. The first-order valence-electron chi connectivity index (χ1n) is 9.38. The van der Waals surface area contributed by atoms with Gasteiger partial charge in [0, 0.05) is 51.4 Å². The van der Waals surface area contributed by atoms with Crippen molar-refractivity contribution in [2.45, 2.75) is 31.8 Å². The fourth-order valence-electron chi connectivity index (χ4n) is 3.52. The zero-order chi connectivity index (χ0) is 20.3. The summed E-state index contributed by atoms with van der Waals surface area (Å²) in [5, 5.41) is 3.91. The number of aromatic nitrogens is 1. The van der Waals surface area contributed by atoms with Crippen LogP contribution >= 0.6 is 11.3 Å². The molecule has 1 fully saturated rings. The molecule has 2 aromatic heterocycles. The van der Waals surface area contributed by atoms with Gasteiger partial charge in [0.25, 0.3) is 11.8 Å². The molecule has 0 spiro atoms. The lowest BCUT2D eigenvalue weighted by Gasteiger charge is -2.28. The summed E-state index contributed by atoms with van der Waals surface area (Å²) >= 11 is 1.40. The third-order valence-corrected chi connectivity index (χ3v) is 6.34. The third kappa shape index (κ3) is 4.04. The second-order valence-electron chi connectivity index (χ2n) is 7.40. The molecule has 0 saturated carbocycles. The van der Waals surface area contributed by atoms with Crippen LogP contribution in [-0.4, -0.2) is 67.8 Å². The molecule has 0 aliphatic carbocycles. The molecule has 0 radical (unpaired) electrons. The van der Waals surface area contributed by atoms with Crippen molar-refractivity contribution in [3.8, 4) is 0 Å². The summed E-state index contributed by atoms with van der Waals surface area (Å²) in [6, 6.07) is 3.89. The number of fused-ring (bicyclic) bond motifs is 1. The van der Waals surface area contributed by atoms with Crippen LogP contribution in [0, 0.1) is 0 Å². The lowest BCUT2D eigenvalue weighted by molar-refractivity contribution is -0.149. The number of hydrogen-bond donors (Lipinski definition) is 1. The van der Waals surface area contributed by atoms with Crippen molar-refractivity contribution < 1.29 is 19.1 Å². The van der Waals surface area contributed by atoms with Gasteiger partial charge < -0.3 is 19.7 Å². The second kappa shape index (κ2) is 8.55. The fourth-order valence-corrected chi connectivity index (χ4v) is 4.67. The Hall–Kier alpha value is -2.03. The lowest BCUT2D eigenvalue weighted by Crippen LogP contribution is -2.45. The molecule has 8 heteroatoms. The number of ether oxygens (including phenoxy) is 2. The molecule has 152 valence electrons. The molecule has 1 N–H and O–H groups in total. The molecule has 0 bridgehead atoms.